The molecule has 0 aliphatic rings. The van der Waals surface area contributed by atoms with E-state index in [1.54, 1.807) is 24.5 Å². The van der Waals surface area contributed by atoms with Gasteiger partial charge in [-0.2, -0.15) is 0 Å². The molecular weight excluding hydrogens is 246 g/mol. The van der Waals surface area contributed by atoms with Crippen molar-refractivity contribution in [3.63, 3.8) is 0 Å². The fourth-order valence-corrected chi connectivity index (χ4v) is 1.97. The van der Waals surface area contributed by atoms with E-state index in [-0.39, 0.29) is 11.7 Å². The van der Waals surface area contributed by atoms with Gasteiger partial charge in [0.15, 0.2) is 5.78 Å². The second-order valence-corrected chi connectivity index (χ2v) is 4.54. The minimum Gasteiger partial charge on any atom is -0.295 e. The van der Waals surface area contributed by atoms with Gasteiger partial charge in [0.1, 0.15) is 0 Å². The molecule has 2 nitrogen and oxygen atoms in total. The van der Waals surface area contributed by atoms with Gasteiger partial charge in [0.25, 0.3) is 0 Å². The van der Waals surface area contributed by atoms with Gasteiger partial charge >= 0.3 is 0 Å². The molecule has 0 spiro atoms. The predicted octanol–water partition coefficient (Wildman–Crippen LogP) is 4.02. The maximum absolute atomic E-state index is 12.0. The Balaban J connectivity index is 2.00. The van der Waals surface area contributed by atoms with Gasteiger partial charge < -0.3 is 0 Å². The molecule has 0 radical (unpaired) electrons. The number of ketones is 1. The zero-order chi connectivity index (χ0) is 14.2. The summed E-state index contributed by atoms with van der Waals surface area (Å²) in [4.78, 5) is 16.1. The SMILES string of the molecule is C=C[C@H](CC(=O)/C=C/c1ccccc1)c1cccnc1. The lowest BCUT2D eigenvalue weighted by atomic mass is 9.95. The number of rotatable bonds is 6. The summed E-state index contributed by atoms with van der Waals surface area (Å²) in [5.74, 6) is 0.0965. The van der Waals surface area contributed by atoms with E-state index in [1.165, 1.54) is 0 Å². The highest BCUT2D eigenvalue weighted by Crippen LogP contribution is 2.20. The third-order valence-corrected chi connectivity index (χ3v) is 3.08. The molecule has 2 rings (SSSR count). The van der Waals surface area contributed by atoms with Crippen LogP contribution in [0.15, 0.2) is 73.6 Å². The van der Waals surface area contributed by atoms with Crippen molar-refractivity contribution in [3.05, 3.63) is 84.7 Å². The number of hydrogen-bond donors (Lipinski definition) is 0. The monoisotopic (exact) mass is 263 g/mol. The number of allylic oxidation sites excluding steroid dienone is 2. The van der Waals surface area contributed by atoms with Crippen LogP contribution in [0.4, 0.5) is 0 Å². The van der Waals surface area contributed by atoms with E-state index < -0.39 is 0 Å². The predicted molar refractivity (Wildman–Crippen MR) is 82.3 cm³/mol. The smallest absolute Gasteiger partial charge is 0.156 e. The first kappa shape index (κ1) is 13.9. The molecule has 20 heavy (non-hydrogen) atoms. The number of pyridine rings is 1. The molecule has 1 atom stereocenters. The maximum atomic E-state index is 12.0. The molecule has 1 aromatic heterocycles. The molecular formula is C18H17NO. The standard InChI is InChI=1S/C18H17NO/c1-2-16(17-9-6-12-19-14-17)13-18(20)11-10-15-7-4-3-5-8-15/h2-12,14,16H,1,13H2/b11-10+/t16-/m1/s1. The Hall–Kier alpha value is -2.48. The number of carbonyl (C=O) groups excluding carboxylic acids is 1. The summed E-state index contributed by atoms with van der Waals surface area (Å²) in [5.41, 5.74) is 2.04. The second-order valence-electron chi connectivity index (χ2n) is 4.54. The van der Waals surface area contributed by atoms with Crippen LogP contribution in [0, 0.1) is 0 Å². The summed E-state index contributed by atoms with van der Waals surface area (Å²) in [6.07, 6.45) is 9.18. The van der Waals surface area contributed by atoms with Crippen LogP contribution in [-0.4, -0.2) is 10.8 Å². The summed E-state index contributed by atoms with van der Waals surface area (Å²) in [6, 6.07) is 13.6. The van der Waals surface area contributed by atoms with Gasteiger partial charge in [-0.25, -0.2) is 0 Å². The van der Waals surface area contributed by atoms with E-state index in [2.05, 4.69) is 11.6 Å². The van der Waals surface area contributed by atoms with Crippen molar-refractivity contribution in [1.82, 2.24) is 4.98 Å². The third-order valence-electron chi connectivity index (χ3n) is 3.08. The first-order valence-electron chi connectivity index (χ1n) is 6.58. The minimum absolute atomic E-state index is 0.0108. The van der Waals surface area contributed by atoms with E-state index in [0.29, 0.717) is 6.42 Å². The lowest BCUT2D eigenvalue weighted by molar-refractivity contribution is -0.114. The number of aromatic nitrogens is 1. The minimum atomic E-state index is 0.0108. The summed E-state index contributed by atoms with van der Waals surface area (Å²) in [5, 5.41) is 0. The number of nitrogens with zero attached hydrogens (tertiary/aromatic N) is 1. The van der Waals surface area contributed by atoms with Crippen molar-refractivity contribution < 1.29 is 4.79 Å². The van der Waals surface area contributed by atoms with E-state index in [4.69, 9.17) is 0 Å². The first-order valence-corrected chi connectivity index (χ1v) is 6.58. The topological polar surface area (TPSA) is 30.0 Å². The third kappa shape index (κ3) is 4.02. The Labute approximate surface area is 119 Å². The second kappa shape index (κ2) is 7.19. The van der Waals surface area contributed by atoms with Crippen molar-refractivity contribution in [3.8, 4) is 0 Å². The summed E-state index contributed by atoms with van der Waals surface area (Å²) >= 11 is 0. The van der Waals surface area contributed by atoms with Crippen LogP contribution in [0.3, 0.4) is 0 Å². The molecule has 100 valence electrons. The van der Waals surface area contributed by atoms with Crippen LogP contribution in [0.25, 0.3) is 6.08 Å². The average Bonchev–Trinajstić information content (AvgIpc) is 2.52. The average molecular weight is 263 g/mol. The van der Waals surface area contributed by atoms with Crippen LogP contribution in [-0.2, 0) is 4.79 Å². The Morgan fingerprint density at radius 3 is 2.65 bits per heavy atom. The van der Waals surface area contributed by atoms with Gasteiger partial charge in [0, 0.05) is 24.7 Å². The Morgan fingerprint density at radius 1 is 1.20 bits per heavy atom. The quantitative estimate of drug-likeness (QED) is 0.582. The van der Waals surface area contributed by atoms with Gasteiger partial charge in [-0.15, -0.1) is 6.58 Å². The highest BCUT2D eigenvalue weighted by Gasteiger charge is 2.10. The summed E-state index contributed by atoms with van der Waals surface area (Å²) < 4.78 is 0. The van der Waals surface area contributed by atoms with Crippen LogP contribution in [0.2, 0.25) is 0 Å². The zero-order valence-electron chi connectivity index (χ0n) is 11.3. The normalized spacial score (nSPS) is 12.2. The Bertz CT molecular complexity index is 587. The van der Waals surface area contributed by atoms with Crippen molar-refractivity contribution >= 4 is 11.9 Å². The van der Waals surface area contributed by atoms with Gasteiger partial charge in [-0.1, -0.05) is 48.6 Å². The molecule has 0 fully saturated rings. The van der Waals surface area contributed by atoms with Crippen molar-refractivity contribution in [1.29, 1.82) is 0 Å². The largest absolute Gasteiger partial charge is 0.295 e. The summed E-state index contributed by atoms with van der Waals surface area (Å²) in [6.45, 7) is 3.80. The molecule has 0 unspecified atom stereocenters. The van der Waals surface area contributed by atoms with E-state index in [1.807, 2.05) is 48.5 Å². The zero-order valence-corrected chi connectivity index (χ0v) is 11.3. The Morgan fingerprint density at radius 2 is 2.00 bits per heavy atom. The maximum Gasteiger partial charge on any atom is 0.156 e. The van der Waals surface area contributed by atoms with Gasteiger partial charge in [-0.05, 0) is 23.3 Å². The Kier molecular flexibility index (Phi) is 5.01. The fourth-order valence-electron chi connectivity index (χ4n) is 1.97. The van der Waals surface area contributed by atoms with Gasteiger partial charge in [-0.3, -0.25) is 9.78 Å². The van der Waals surface area contributed by atoms with Crippen molar-refractivity contribution in [2.45, 2.75) is 12.3 Å². The molecule has 0 saturated carbocycles. The molecule has 1 heterocycles. The fraction of sp³-hybridized carbons (Fsp3) is 0.111. The lowest BCUT2D eigenvalue weighted by Gasteiger charge is -2.09. The molecule has 0 aliphatic heterocycles. The highest BCUT2D eigenvalue weighted by atomic mass is 16.1. The van der Waals surface area contributed by atoms with Crippen molar-refractivity contribution in [2.24, 2.45) is 0 Å². The molecule has 2 aromatic rings. The molecule has 0 bridgehead atoms. The van der Waals surface area contributed by atoms with Gasteiger partial charge in [0.2, 0.25) is 0 Å². The van der Waals surface area contributed by atoms with Gasteiger partial charge in [0.05, 0.1) is 0 Å². The molecule has 0 aliphatic carbocycles. The van der Waals surface area contributed by atoms with Crippen LogP contribution >= 0.6 is 0 Å². The van der Waals surface area contributed by atoms with E-state index in [9.17, 15) is 4.79 Å². The molecule has 0 saturated heterocycles. The van der Waals surface area contributed by atoms with Crippen LogP contribution in [0.1, 0.15) is 23.5 Å². The van der Waals surface area contributed by atoms with E-state index >= 15 is 0 Å². The van der Waals surface area contributed by atoms with Crippen LogP contribution < -0.4 is 0 Å². The van der Waals surface area contributed by atoms with Crippen molar-refractivity contribution in [2.75, 3.05) is 0 Å². The molecule has 0 amide bonds. The summed E-state index contributed by atoms with van der Waals surface area (Å²) in [7, 11) is 0. The van der Waals surface area contributed by atoms with Crippen LogP contribution in [0.5, 0.6) is 0 Å². The molecule has 1 aromatic carbocycles. The molecule has 0 N–H and O–H groups in total. The molecule has 2 heteroatoms. The van der Waals surface area contributed by atoms with E-state index in [0.717, 1.165) is 11.1 Å². The first-order chi connectivity index (χ1) is 9.79. The highest BCUT2D eigenvalue weighted by molar-refractivity contribution is 5.94. The lowest BCUT2D eigenvalue weighted by Crippen LogP contribution is -2.02. The number of carbonyl (C=O) groups is 1. The number of hydrogen-bond acceptors (Lipinski definition) is 2. The number of benzene rings is 1.